The number of hydrogen-bond acceptors (Lipinski definition) is 2. The molecule has 0 bridgehead atoms. The summed E-state index contributed by atoms with van der Waals surface area (Å²) in [6.45, 7) is 3.93. The van der Waals surface area contributed by atoms with Gasteiger partial charge in [-0.1, -0.05) is 18.2 Å². The highest BCUT2D eigenvalue weighted by Gasteiger charge is 2.01. The number of nitriles is 1. The second-order valence-electron chi connectivity index (χ2n) is 4.01. The zero-order valence-corrected chi connectivity index (χ0v) is 9.90. The fraction of sp³-hybridized carbons (Fsp3) is 0.133. The Morgan fingerprint density at radius 2 is 1.76 bits per heavy atom. The highest BCUT2D eigenvalue weighted by molar-refractivity contribution is 5.44. The molecule has 0 aliphatic rings. The van der Waals surface area contributed by atoms with E-state index < -0.39 is 0 Å². The van der Waals surface area contributed by atoms with Crippen molar-refractivity contribution in [3.8, 4) is 17.6 Å². The Morgan fingerprint density at radius 3 is 2.47 bits per heavy atom. The fourth-order valence-corrected chi connectivity index (χ4v) is 1.60. The van der Waals surface area contributed by atoms with Crippen LogP contribution < -0.4 is 4.74 Å². The van der Waals surface area contributed by atoms with Gasteiger partial charge in [0.2, 0.25) is 0 Å². The average Bonchev–Trinajstić information content (AvgIpc) is 2.32. The molecule has 0 unspecified atom stereocenters. The summed E-state index contributed by atoms with van der Waals surface area (Å²) in [4.78, 5) is 0. The number of hydrogen-bond donors (Lipinski definition) is 0. The molecule has 0 N–H and O–H groups in total. The van der Waals surface area contributed by atoms with Crippen LogP contribution in [0.15, 0.2) is 42.5 Å². The van der Waals surface area contributed by atoms with Crippen molar-refractivity contribution in [1.82, 2.24) is 0 Å². The van der Waals surface area contributed by atoms with Gasteiger partial charge in [0.15, 0.2) is 0 Å². The van der Waals surface area contributed by atoms with E-state index in [1.54, 1.807) is 6.07 Å². The van der Waals surface area contributed by atoms with Crippen LogP contribution in [-0.4, -0.2) is 0 Å². The molecule has 0 saturated heterocycles. The standard InChI is InChI=1S/C15H13NO/c1-11-4-3-5-14(8-11)17-15-7-6-12(2)13(9-15)10-16/h3-9H,1-2H3. The van der Waals surface area contributed by atoms with Crippen molar-refractivity contribution in [2.24, 2.45) is 0 Å². The third kappa shape index (κ3) is 2.64. The lowest BCUT2D eigenvalue weighted by atomic mass is 10.1. The lowest BCUT2D eigenvalue weighted by Crippen LogP contribution is -1.88. The number of aryl methyl sites for hydroxylation is 2. The van der Waals surface area contributed by atoms with E-state index in [1.165, 1.54) is 0 Å². The summed E-state index contributed by atoms with van der Waals surface area (Å²) in [7, 11) is 0. The van der Waals surface area contributed by atoms with Crippen LogP contribution in [0.4, 0.5) is 0 Å². The molecule has 2 aromatic rings. The van der Waals surface area contributed by atoms with Crippen LogP contribution in [-0.2, 0) is 0 Å². The number of rotatable bonds is 2. The topological polar surface area (TPSA) is 33.0 Å². The van der Waals surface area contributed by atoms with Crippen LogP contribution in [0.25, 0.3) is 0 Å². The summed E-state index contributed by atoms with van der Waals surface area (Å²) in [5.41, 5.74) is 2.76. The molecule has 2 aromatic carbocycles. The highest BCUT2D eigenvalue weighted by Crippen LogP contribution is 2.24. The smallest absolute Gasteiger partial charge is 0.128 e. The van der Waals surface area contributed by atoms with Gasteiger partial charge in [-0.3, -0.25) is 0 Å². The summed E-state index contributed by atoms with van der Waals surface area (Å²) in [5, 5.41) is 8.95. The fourth-order valence-electron chi connectivity index (χ4n) is 1.60. The van der Waals surface area contributed by atoms with Gasteiger partial charge in [-0.2, -0.15) is 5.26 Å². The largest absolute Gasteiger partial charge is 0.457 e. The van der Waals surface area contributed by atoms with Crippen molar-refractivity contribution in [3.63, 3.8) is 0 Å². The van der Waals surface area contributed by atoms with Gasteiger partial charge in [-0.25, -0.2) is 0 Å². The Morgan fingerprint density at radius 1 is 1.00 bits per heavy atom. The van der Waals surface area contributed by atoms with Gasteiger partial charge in [0.05, 0.1) is 11.6 Å². The summed E-state index contributed by atoms with van der Waals surface area (Å²) in [5.74, 6) is 1.48. The van der Waals surface area contributed by atoms with Gasteiger partial charge in [0.25, 0.3) is 0 Å². The third-order valence-electron chi connectivity index (χ3n) is 2.55. The predicted molar refractivity (Wildman–Crippen MR) is 67.1 cm³/mol. The summed E-state index contributed by atoms with van der Waals surface area (Å²) in [6, 6.07) is 15.5. The van der Waals surface area contributed by atoms with E-state index in [0.29, 0.717) is 11.3 Å². The molecule has 0 aromatic heterocycles. The lowest BCUT2D eigenvalue weighted by Gasteiger charge is -2.07. The van der Waals surface area contributed by atoms with Gasteiger partial charge in [0.1, 0.15) is 11.5 Å². The molecule has 0 spiro atoms. The van der Waals surface area contributed by atoms with Crippen molar-refractivity contribution in [3.05, 3.63) is 59.2 Å². The minimum atomic E-state index is 0.648. The third-order valence-corrected chi connectivity index (χ3v) is 2.55. The number of nitrogens with zero attached hydrogens (tertiary/aromatic N) is 1. The summed E-state index contributed by atoms with van der Waals surface area (Å²) in [6.07, 6.45) is 0. The van der Waals surface area contributed by atoms with Gasteiger partial charge in [-0.05, 0) is 49.2 Å². The van der Waals surface area contributed by atoms with Crippen LogP contribution in [0.3, 0.4) is 0 Å². The molecular formula is C15H13NO. The Kier molecular flexibility index (Phi) is 3.11. The minimum absolute atomic E-state index is 0.648. The van der Waals surface area contributed by atoms with Gasteiger partial charge in [-0.15, -0.1) is 0 Å². The maximum absolute atomic E-state index is 8.95. The molecule has 84 valence electrons. The van der Waals surface area contributed by atoms with Gasteiger partial charge < -0.3 is 4.74 Å². The quantitative estimate of drug-likeness (QED) is 0.771. The zero-order chi connectivity index (χ0) is 12.3. The summed E-state index contributed by atoms with van der Waals surface area (Å²) < 4.78 is 5.71. The predicted octanol–water partition coefficient (Wildman–Crippen LogP) is 3.97. The molecule has 0 fully saturated rings. The van der Waals surface area contributed by atoms with Crippen LogP contribution in [0.2, 0.25) is 0 Å². The molecule has 0 aliphatic heterocycles. The van der Waals surface area contributed by atoms with Crippen molar-refractivity contribution >= 4 is 0 Å². The van der Waals surface area contributed by atoms with Gasteiger partial charge in [0, 0.05) is 0 Å². The first-order chi connectivity index (χ1) is 8.19. The van der Waals surface area contributed by atoms with Crippen LogP contribution in [0, 0.1) is 25.2 Å². The molecule has 2 rings (SSSR count). The monoisotopic (exact) mass is 223 g/mol. The van der Waals surface area contributed by atoms with Crippen molar-refractivity contribution < 1.29 is 4.74 Å². The van der Waals surface area contributed by atoms with E-state index >= 15 is 0 Å². The van der Waals surface area contributed by atoms with E-state index in [2.05, 4.69) is 6.07 Å². The maximum Gasteiger partial charge on any atom is 0.128 e. The molecule has 2 heteroatoms. The molecule has 0 heterocycles. The first-order valence-electron chi connectivity index (χ1n) is 5.44. The Labute approximate surface area is 101 Å². The Bertz CT molecular complexity index is 582. The first-order valence-corrected chi connectivity index (χ1v) is 5.44. The SMILES string of the molecule is Cc1cccc(Oc2ccc(C)c(C#N)c2)c1. The molecule has 0 atom stereocenters. The van der Waals surface area contributed by atoms with E-state index in [4.69, 9.17) is 10.00 Å². The second kappa shape index (κ2) is 4.71. The zero-order valence-electron chi connectivity index (χ0n) is 9.90. The minimum Gasteiger partial charge on any atom is -0.457 e. The van der Waals surface area contributed by atoms with E-state index in [0.717, 1.165) is 16.9 Å². The number of benzene rings is 2. The molecule has 0 aliphatic carbocycles. The van der Waals surface area contributed by atoms with Gasteiger partial charge >= 0.3 is 0 Å². The first kappa shape index (κ1) is 11.2. The van der Waals surface area contributed by atoms with Crippen molar-refractivity contribution in [1.29, 1.82) is 5.26 Å². The van der Waals surface area contributed by atoms with E-state index in [9.17, 15) is 0 Å². The Hall–Kier alpha value is -2.27. The maximum atomic E-state index is 8.95. The number of ether oxygens (including phenoxy) is 1. The van der Waals surface area contributed by atoms with Crippen LogP contribution in [0.1, 0.15) is 16.7 Å². The average molecular weight is 223 g/mol. The molecule has 0 saturated carbocycles. The molecule has 0 amide bonds. The van der Waals surface area contributed by atoms with Crippen molar-refractivity contribution in [2.45, 2.75) is 13.8 Å². The van der Waals surface area contributed by atoms with E-state index in [-0.39, 0.29) is 0 Å². The highest BCUT2D eigenvalue weighted by atomic mass is 16.5. The van der Waals surface area contributed by atoms with Crippen LogP contribution in [0.5, 0.6) is 11.5 Å². The lowest BCUT2D eigenvalue weighted by molar-refractivity contribution is 0.482. The molecular weight excluding hydrogens is 210 g/mol. The van der Waals surface area contributed by atoms with E-state index in [1.807, 2.05) is 50.2 Å². The second-order valence-corrected chi connectivity index (χ2v) is 4.01. The Balaban J connectivity index is 2.28. The summed E-state index contributed by atoms with van der Waals surface area (Å²) >= 11 is 0. The normalized spacial score (nSPS) is 9.71. The van der Waals surface area contributed by atoms with Crippen molar-refractivity contribution in [2.75, 3.05) is 0 Å². The molecule has 0 radical (unpaired) electrons. The van der Waals surface area contributed by atoms with Crippen LogP contribution >= 0.6 is 0 Å². The molecule has 17 heavy (non-hydrogen) atoms. The molecule has 2 nitrogen and oxygen atoms in total.